The van der Waals surface area contributed by atoms with Gasteiger partial charge in [-0.2, -0.15) is 0 Å². The van der Waals surface area contributed by atoms with E-state index in [0.717, 1.165) is 83.5 Å². The third kappa shape index (κ3) is 31.7. The Morgan fingerprint density at radius 3 is 1.29 bits per heavy atom. The molecule has 0 aromatic carbocycles. The van der Waals surface area contributed by atoms with Crippen LogP contribution in [-0.2, 0) is 14.3 Å². The van der Waals surface area contributed by atoms with Crippen LogP contribution in [0.5, 0.6) is 0 Å². The molecule has 2 N–H and O–H groups in total. The van der Waals surface area contributed by atoms with Gasteiger partial charge in [-0.05, 0) is 51.4 Å². The number of carboxylic acids is 1. The van der Waals surface area contributed by atoms with Gasteiger partial charge in [-0.25, -0.2) is 0 Å². The zero-order valence-corrected chi connectivity index (χ0v) is 27.5. The highest BCUT2D eigenvalue weighted by Crippen LogP contribution is 2.19. The van der Waals surface area contributed by atoms with Crippen LogP contribution in [0.3, 0.4) is 0 Å². The summed E-state index contributed by atoms with van der Waals surface area (Å²) in [5.74, 6) is -0.730. The predicted molar refractivity (Wildman–Crippen MR) is 173 cm³/mol. The molecule has 0 fully saturated rings. The zero-order valence-electron chi connectivity index (χ0n) is 27.5. The highest BCUT2D eigenvalue weighted by atomic mass is 16.5. The molecule has 0 spiro atoms. The second-order valence-electron chi connectivity index (χ2n) is 12.6. The molecule has 0 saturated carbocycles. The van der Waals surface area contributed by atoms with Crippen molar-refractivity contribution in [3.63, 3.8) is 0 Å². The monoisotopic (exact) mass is 583 g/mol. The minimum absolute atomic E-state index is 0.0397. The van der Waals surface area contributed by atoms with Gasteiger partial charge in [0.2, 0.25) is 0 Å². The Labute approximate surface area is 255 Å². The van der Waals surface area contributed by atoms with Crippen molar-refractivity contribution in [2.24, 2.45) is 0 Å². The Balaban J connectivity index is 3.88. The maximum atomic E-state index is 12.5. The van der Waals surface area contributed by atoms with Crippen LogP contribution in [0.1, 0.15) is 206 Å². The van der Waals surface area contributed by atoms with E-state index in [2.05, 4.69) is 13.8 Å². The van der Waals surface area contributed by atoms with Crippen molar-refractivity contribution in [1.29, 1.82) is 0 Å². The van der Waals surface area contributed by atoms with Gasteiger partial charge in [0.25, 0.3) is 0 Å². The van der Waals surface area contributed by atoms with E-state index in [0.29, 0.717) is 12.8 Å². The van der Waals surface area contributed by atoms with Crippen LogP contribution in [-0.4, -0.2) is 34.4 Å². The molecular weight excluding hydrogens is 512 g/mol. The van der Waals surface area contributed by atoms with Crippen LogP contribution >= 0.6 is 0 Å². The quantitative estimate of drug-likeness (QED) is 0.0594. The Bertz CT molecular complexity index is 564. The number of hydrogen-bond donors (Lipinski definition) is 2. The SMILES string of the molecule is CCCCCCCCCCCC(O)CCCCCC(=O)OC(CCCCCC)CCCCCCCCCCC(=O)O. The lowest BCUT2D eigenvalue weighted by atomic mass is 10.0. The van der Waals surface area contributed by atoms with Crippen LogP contribution in [0.2, 0.25) is 0 Å². The van der Waals surface area contributed by atoms with E-state index >= 15 is 0 Å². The second-order valence-corrected chi connectivity index (χ2v) is 12.6. The average Bonchev–Trinajstić information content (AvgIpc) is 2.94. The van der Waals surface area contributed by atoms with Gasteiger partial charge in [0.05, 0.1) is 6.10 Å². The van der Waals surface area contributed by atoms with Gasteiger partial charge in [-0.15, -0.1) is 0 Å². The fraction of sp³-hybridized carbons (Fsp3) is 0.944. The van der Waals surface area contributed by atoms with E-state index in [1.54, 1.807) is 0 Å². The van der Waals surface area contributed by atoms with Crippen molar-refractivity contribution in [3.05, 3.63) is 0 Å². The summed E-state index contributed by atoms with van der Waals surface area (Å²) in [4.78, 5) is 23.1. The predicted octanol–water partition coefficient (Wildman–Crippen LogP) is 11.1. The molecule has 0 aliphatic heterocycles. The van der Waals surface area contributed by atoms with Crippen molar-refractivity contribution in [1.82, 2.24) is 0 Å². The minimum atomic E-state index is -0.690. The molecule has 0 rings (SSSR count). The first-order chi connectivity index (χ1) is 20.0. The van der Waals surface area contributed by atoms with Crippen LogP contribution in [0.4, 0.5) is 0 Å². The van der Waals surface area contributed by atoms with Crippen LogP contribution in [0.25, 0.3) is 0 Å². The number of hydrogen-bond acceptors (Lipinski definition) is 4. The second kappa shape index (κ2) is 31.8. The van der Waals surface area contributed by atoms with Gasteiger partial charge in [0.15, 0.2) is 0 Å². The topological polar surface area (TPSA) is 83.8 Å². The summed E-state index contributed by atoms with van der Waals surface area (Å²) in [5.41, 5.74) is 0. The molecule has 0 aliphatic carbocycles. The van der Waals surface area contributed by atoms with Crippen molar-refractivity contribution >= 4 is 11.9 Å². The van der Waals surface area contributed by atoms with Crippen molar-refractivity contribution in [2.45, 2.75) is 219 Å². The van der Waals surface area contributed by atoms with Gasteiger partial charge in [-0.3, -0.25) is 9.59 Å². The van der Waals surface area contributed by atoms with Crippen molar-refractivity contribution in [3.8, 4) is 0 Å². The van der Waals surface area contributed by atoms with Crippen LogP contribution in [0, 0.1) is 0 Å². The first-order valence-corrected chi connectivity index (χ1v) is 18.1. The zero-order chi connectivity index (χ0) is 30.2. The lowest BCUT2D eigenvalue weighted by Gasteiger charge is -2.18. The summed E-state index contributed by atoms with van der Waals surface area (Å²) in [6.07, 6.45) is 32.7. The third-order valence-corrected chi connectivity index (χ3v) is 8.40. The number of unbranched alkanes of at least 4 members (excludes halogenated alkanes) is 20. The standard InChI is InChI=1S/C36H70O5/c1-3-5-7-9-10-11-14-17-21-27-33(37)28-22-20-26-32-36(40)41-34(29-23-8-6-4-2)30-24-18-15-12-13-16-19-25-31-35(38)39/h33-34,37H,3-32H2,1-2H3,(H,38,39). The fourth-order valence-electron chi connectivity index (χ4n) is 5.68. The Morgan fingerprint density at radius 1 is 0.488 bits per heavy atom. The molecule has 0 aliphatic rings. The molecule has 0 aromatic heterocycles. The van der Waals surface area contributed by atoms with Crippen LogP contribution < -0.4 is 0 Å². The molecule has 2 unspecified atom stereocenters. The summed E-state index contributed by atoms with van der Waals surface area (Å²) in [7, 11) is 0. The molecule has 0 saturated heterocycles. The molecule has 0 amide bonds. The van der Waals surface area contributed by atoms with Gasteiger partial charge >= 0.3 is 11.9 Å². The molecule has 5 nitrogen and oxygen atoms in total. The van der Waals surface area contributed by atoms with E-state index in [-0.39, 0.29) is 18.2 Å². The number of carboxylic acid groups (broad SMARTS) is 1. The van der Waals surface area contributed by atoms with E-state index in [1.807, 2.05) is 0 Å². The van der Waals surface area contributed by atoms with Crippen molar-refractivity contribution in [2.75, 3.05) is 0 Å². The molecule has 244 valence electrons. The van der Waals surface area contributed by atoms with E-state index < -0.39 is 5.97 Å². The molecule has 41 heavy (non-hydrogen) atoms. The Morgan fingerprint density at radius 2 is 0.829 bits per heavy atom. The molecule has 2 atom stereocenters. The number of esters is 1. The first-order valence-electron chi connectivity index (χ1n) is 18.1. The molecule has 0 radical (unpaired) electrons. The highest BCUT2D eigenvalue weighted by molar-refractivity contribution is 5.69. The number of carbonyl (C=O) groups excluding carboxylic acids is 1. The minimum Gasteiger partial charge on any atom is -0.481 e. The highest BCUT2D eigenvalue weighted by Gasteiger charge is 2.14. The summed E-state index contributed by atoms with van der Waals surface area (Å²) >= 11 is 0. The Hall–Kier alpha value is -1.10. The third-order valence-electron chi connectivity index (χ3n) is 8.40. The summed E-state index contributed by atoms with van der Waals surface area (Å²) < 4.78 is 5.93. The van der Waals surface area contributed by atoms with Crippen LogP contribution in [0.15, 0.2) is 0 Å². The lowest BCUT2D eigenvalue weighted by molar-refractivity contribution is -0.150. The summed E-state index contributed by atoms with van der Waals surface area (Å²) in [6, 6.07) is 0. The van der Waals surface area contributed by atoms with Gasteiger partial charge in [-0.1, -0.05) is 142 Å². The maximum absolute atomic E-state index is 12.5. The van der Waals surface area contributed by atoms with E-state index in [9.17, 15) is 14.7 Å². The van der Waals surface area contributed by atoms with E-state index in [4.69, 9.17) is 9.84 Å². The van der Waals surface area contributed by atoms with Gasteiger partial charge < -0.3 is 14.9 Å². The Kier molecular flexibility index (Phi) is 31.0. The van der Waals surface area contributed by atoms with E-state index in [1.165, 1.54) is 96.3 Å². The normalized spacial score (nSPS) is 12.9. The molecule has 0 heterocycles. The number of ether oxygens (including phenoxy) is 1. The molecule has 0 aromatic rings. The maximum Gasteiger partial charge on any atom is 0.306 e. The number of rotatable bonds is 33. The van der Waals surface area contributed by atoms with Crippen molar-refractivity contribution < 1.29 is 24.5 Å². The molecule has 0 bridgehead atoms. The molecular formula is C36H70O5. The number of aliphatic carboxylic acids is 1. The smallest absolute Gasteiger partial charge is 0.306 e. The first kappa shape index (κ1) is 39.9. The van der Waals surface area contributed by atoms with Gasteiger partial charge in [0.1, 0.15) is 6.10 Å². The summed E-state index contributed by atoms with van der Waals surface area (Å²) in [6.45, 7) is 4.48. The number of carbonyl (C=O) groups is 2. The number of aliphatic hydroxyl groups excluding tert-OH is 1. The number of aliphatic hydroxyl groups is 1. The fourth-order valence-corrected chi connectivity index (χ4v) is 5.68. The molecule has 5 heteroatoms. The lowest BCUT2D eigenvalue weighted by Crippen LogP contribution is -2.18. The van der Waals surface area contributed by atoms with Gasteiger partial charge in [0, 0.05) is 12.8 Å². The average molecular weight is 583 g/mol. The summed E-state index contributed by atoms with van der Waals surface area (Å²) in [5, 5.41) is 19.0. The largest absolute Gasteiger partial charge is 0.481 e.